The van der Waals surface area contributed by atoms with Gasteiger partial charge >= 0.3 is 5.97 Å². The summed E-state index contributed by atoms with van der Waals surface area (Å²) in [5, 5.41) is 11.7. The number of aromatic nitrogens is 3. The second-order valence-electron chi connectivity index (χ2n) is 5.85. The molecular formula is C20H20N4O4S. The number of hydrogen-bond acceptors (Lipinski definition) is 7. The molecule has 150 valence electrons. The van der Waals surface area contributed by atoms with E-state index in [-0.39, 0.29) is 18.2 Å². The van der Waals surface area contributed by atoms with Crippen LogP contribution in [0.3, 0.4) is 0 Å². The maximum Gasteiger partial charge on any atom is 0.325 e. The summed E-state index contributed by atoms with van der Waals surface area (Å²) >= 11 is 1.23. The Bertz CT molecular complexity index is 974. The quantitative estimate of drug-likeness (QED) is 0.448. The lowest BCUT2D eigenvalue weighted by Gasteiger charge is -2.10. The molecule has 0 aliphatic heterocycles. The summed E-state index contributed by atoms with van der Waals surface area (Å²) in [6, 6.07) is 17.2. The molecule has 0 atom stereocenters. The number of thioether (sulfide) groups is 1. The molecule has 1 N–H and O–H groups in total. The lowest BCUT2D eigenvalue weighted by molar-refractivity contribution is -0.140. The van der Waals surface area contributed by atoms with Crippen molar-refractivity contribution in [3.8, 4) is 22.8 Å². The van der Waals surface area contributed by atoms with Gasteiger partial charge in [-0.15, -0.1) is 10.2 Å². The first-order chi connectivity index (χ1) is 14.1. The minimum absolute atomic E-state index is 0.0879. The molecule has 0 saturated carbocycles. The fourth-order valence-electron chi connectivity index (χ4n) is 2.52. The maximum absolute atomic E-state index is 12.0. The van der Waals surface area contributed by atoms with E-state index in [0.717, 1.165) is 17.0 Å². The van der Waals surface area contributed by atoms with Gasteiger partial charge in [-0.05, 0) is 36.4 Å². The van der Waals surface area contributed by atoms with E-state index < -0.39 is 5.97 Å². The van der Waals surface area contributed by atoms with Crippen LogP contribution >= 0.6 is 11.8 Å². The number of ether oxygens (including phenoxy) is 2. The van der Waals surface area contributed by atoms with Crippen molar-refractivity contribution >= 4 is 23.6 Å². The van der Waals surface area contributed by atoms with Crippen molar-refractivity contribution in [2.45, 2.75) is 5.16 Å². The van der Waals surface area contributed by atoms with Gasteiger partial charge in [-0.25, -0.2) is 0 Å². The van der Waals surface area contributed by atoms with Crippen LogP contribution in [0.1, 0.15) is 0 Å². The Kier molecular flexibility index (Phi) is 6.85. The third-order valence-electron chi connectivity index (χ3n) is 3.99. The van der Waals surface area contributed by atoms with E-state index in [4.69, 9.17) is 4.74 Å². The normalized spacial score (nSPS) is 10.4. The van der Waals surface area contributed by atoms with E-state index in [1.165, 1.54) is 18.9 Å². The Hall–Kier alpha value is -3.33. The fraction of sp³-hybridized carbons (Fsp3) is 0.200. The molecule has 3 aromatic rings. The number of carbonyl (C=O) groups excluding carboxylic acids is 2. The van der Waals surface area contributed by atoms with Gasteiger partial charge in [0.2, 0.25) is 5.91 Å². The molecule has 0 bridgehead atoms. The van der Waals surface area contributed by atoms with E-state index >= 15 is 0 Å². The van der Waals surface area contributed by atoms with Crippen LogP contribution in [0.5, 0.6) is 5.75 Å². The van der Waals surface area contributed by atoms with Crippen molar-refractivity contribution in [1.82, 2.24) is 20.1 Å². The number of esters is 1. The molecule has 0 spiro atoms. The number of para-hydroxylation sites is 1. The Labute approximate surface area is 172 Å². The third kappa shape index (κ3) is 5.14. The molecule has 0 radical (unpaired) electrons. The summed E-state index contributed by atoms with van der Waals surface area (Å²) < 4.78 is 11.6. The molecular weight excluding hydrogens is 392 g/mol. The van der Waals surface area contributed by atoms with E-state index in [1.807, 2.05) is 59.2 Å². The van der Waals surface area contributed by atoms with Gasteiger partial charge in [-0.2, -0.15) is 0 Å². The van der Waals surface area contributed by atoms with Gasteiger partial charge in [-0.3, -0.25) is 14.2 Å². The van der Waals surface area contributed by atoms with Gasteiger partial charge in [0.25, 0.3) is 0 Å². The molecule has 1 amide bonds. The van der Waals surface area contributed by atoms with Crippen LogP contribution in [0.4, 0.5) is 0 Å². The smallest absolute Gasteiger partial charge is 0.325 e. The van der Waals surface area contributed by atoms with Crippen molar-refractivity contribution < 1.29 is 19.1 Å². The average molecular weight is 412 g/mol. The Balaban J connectivity index is 1.84. The molecule has 3 rings (SSSR count). The van der Waals surface area contributed by atoms with Crippen LogP contribution in [0.25, 0.3) is 17.1 Å². The van der Waals surface area contributed by atoms with Crippen molar-refractivity contribution in [3.05, 3.63) is 54.6 Å². The summed E-state index contributed by atoms with van der Waals surface area (Å²) in [5.74, 6) is 0.684. The minimum Gasteiger partial charge on any atom is -0.497 e. The van der Waals surface area contributed by atoms with Gasteiger partial charge in [0.15, 0.2) is 11.0 Å². The largest absolute Gasteiger partial charge is 0.497 e. The van der Waals surface area contributed by atoms with Crippen molar-refractivity contribution in [2.24, 2.45) is 0 Å². The van der Waals surface area contributed by atoms with Crippen molar-refractivity contribution in [2.75, 3.05) is 26.5 Å². The predicted octanol–water partition coefficient (Wildman–Crippen LogP) is 2.32. The molecule has 8 nitrogen and oxygen atoms in total. The van der Waals surface area contributed by atoms with Crippen LogP contribution in [0.2, 0.25) is 0 Å². The standard InChI is InChI=1S/C20H20N4O4S/c1-27-16-10-8-14(9-11-16)19-22-23-20(24(19)15-6-4-3-5-7-15)29-13-17(25)21-12-18(26)28-2/h3-11H,12-13H2,1-2H3,(H,21,25). The van der Waals surface area contributed by atoms with Gasteiger partial charge in [0, 0.05) is 11.3 Å². The molecule has 1 aromatic heterocycles. The number of carbonyl (C=O) groups is 2. The van der Waals surface area contributed by atoms with Crippen LogP contribution < -0.4 is 10.1 Å². The second kappa shape index (κ2) is 9.74. The zero-order valence-corrected chi connectivity index (χ0v) is 16.8. The lowest BCUT2D eigenvalue weighted by atomic mass is 10.2. The van der Waals surface area contributed by atoms with E-state index in [2.05, 4.69) is 20.3 Å². The second-order valence-corrected chi connectivity index (χ2v) is 6.79. The summed E-state index contributed by atoms with van der Waals surface area (Å²) in [6.07, 6.45) is 0. The summed E-state index contributed by atoms with van der Waals surface area (Å²) in [4.78, 5) is 23.2. The highest BCUT2D eigenvalue weighted by molar-refractivity contribution is 7.99. The van der Waals surface area contributed by atoms with Gasteiger partial charge in [0.05, 0.1) is 20.0 Å². The molecule has 0 aliphatic rings. The van der Waals surface area contributed by atoms with Crippen molar-refractivity contribution in [1.29, 1.82) is 0 Å². The van der Waals surface area contributed by atoms with Crippen molar-refractivity contribution in [3.63, 3.8) is 0 Å². The highest BCUT2D eigenvalue weighted by Crippen LogP contribution is 2.28. The number of benzene rings is 2. The van der Waals surface area contributed by atoms with E-state index in [0.29, 0.717) is 11.0 Å². The van der Waals surface area contributed by atoms with Gasteiger partial charge < -0.3 is 14.8 Å². The third-order valence-corrected chi connectivity index (χ3v) is 4.91. The lowest BCUT2D eigenvalue weighted by Crippen LogP contribution is -2.31. The highest BCUT2D eigenvalue weighted by atomic mass is 32.2. The summed E-state index contributed by atoms with van der Waals surface area (Å²) in [7, 11) is 2.88. The number of hydrogen-bond donors (Lipinski definition) is 1. The first kappa shape index (κ1) is 20.4. The maximum atomic E-state index is 12.0. The molecule has 1 heterocycles. The molecule has 0 unspecified atom stereocenters. The zero-order valence-electron chi connectivity index (χ0n) is 16.0. The minimum atomic E-state index is -0.502. The molecule has 0 saturated heterocycles. The Morgan fingerprint density at radius 3 is 2.41 bits per heavy atom. The molecule has 0 aliphatic carbocycles. The Morgan fingerprint density at radius 2 is 1.76 bits per heavy atom. The number of nitrogens with one attached hydrogen (secondary N) is 1. The fourth-order valence-corrected chi connectivity index (χ4v) is 3.31. The molecule has 2 aromatic carbocycles. The van der Waals surface area contributed by atoms with Crippen LogP contribution in [-0.2, 0) is 14.3 Å². The first-order valence-electron chi connectivity index (χ1n) is 8.74. The molecule has 9 heteroatoms. The van der Waals surface area contributed by atoms with E-state index in [1.54, 1.807) is 7.11 Å². The predicted molar refractivity (Wildman–Crippen MR) is 109 cm³/mol. The molecule has 0 fully saturated rings. The van der Waals surface area contributed by atoms with Crippen LogP contribution in [-0.4, -0.2) is 53.2 Å². The zero-order chi connectivity index (χ0) is 20.6. The van der Waals surface area contributed by atoms with Crippen LogP contribution in [0, 0.1) is 0 Å². The number of methoxy groups -OCH3 is 2. The van der Waals surface area contributed by atoms with E-state index in [9.17, 15) is 9.59 Å². The topological polar surface area (TPSA) is 95.3 Å². The SMILES string of the molecule is COC(=O)CNC(=O)CSc1nnc(-c2ccc(OC)cc2)n1-c1ccccc1. The number of rotatable bonds is 8. The monoisotopic (exact) mass is 412 g/mol. The summed E-state index contributed by atoms with van der Waals surface area (Å²) in [6.45, 7) is -0.168. The number of amides is 1. The average Bonchev–Trinajstić information content (AvgIpc) is 3.20. The molecule has 29 heavy (non-hydrogen) atoms. The Morgan fingerprint density at radius 1 is 1.03 bits per heavy atom. The first-order valence-corrected chi connectivity index (χ1v) is 9.72. The van der Waals surface area contributed by atoms with Gasteiger partial charge in [0.1, 0.15) is 12.3 Å². The summed E-state index contributed by atoms with van der Waals surface area (Å²) in [5.41, 5.74) is 1.74. The highest BCUT2D eigenvalue weighted by Gasteiger charge is 2.17. The van der Waals surface area contributed by atoms with Crippen LogP contribution in [0.15, 0.2) is 59.8 Å². The number of nitrogens with zero attached hydrogens (tertiary/aromatic N) is 3. The van der Waals surface area contributed by atoms with Gasteiger partial charge in [-0.1, -0.05) is 30.0 Å².